The Morgan fingerprint density at radius 1 is 0.587 bits per heavy atom. The lowest BCUT2D eigenvalue weighted by Crippen LogP contribution is -2.10. The monoisotopic (exact) mass is 597 g/mol. The lowest BCUT2D eigenvalue weighted by Gasteiger charge is -2.24. The van der Waals surface area contributed by atoms with E-state index in [1.54, 1.807) is 0 Å². The largest absolute Gasteiger partial charge is 0.455 e. The molecular weight excluding hydrogens is 562 g/mol. The number of benzene rings is 5. The van der Waals surface area contributed by atoms with Crippen LogP contribution in [-0.2, 0) is 0 Å². The first kappa shape index (κ1) is 28.0. The summed E-state index contributed by atoms with van der Waals surface area (Å²) in [7, 11) is 0. The fraction of sp³-hybridized carbons (Fsp3) is 0.143. The molecule has 8 rings (SSSR count). The van der Waals surface area contributed by atoms with Crippen molar-refractivity contribution in [3.8, 4) is 39.3 Å². The summed E-state index contributed by atoms with van der Waals surface area (Å²) in [6.45, 7) is 9.10. The van der Waals surface area contributed by atoms with Crippen LogP contribution in [0.2, 0.25) is 0 Å². The van der Waals surface area contributed by atoms with Gasteiger partial charge in [0.05, 0.1) is 11.3 Å². The Bertz CT molecular complexity index is 2330. The summed E-state index contributed by atoms with van der Waals surface area (Å²) in [5, 5.41) is 2.18. The standard InChI is InChI=1S/C42H35N3O/c1-26(2)35-22-30(28-14-7-5-8-15-28)23-36(27(3)4)39(35)45-41(34-20-13-19-33-32-18-11-12-21-38(32)46-40(33)34)44-37-24-31(25-43-42(37)45)29-16-9-6-10-17-29/h5-27H,1-4H3. The van der Waals surface area contributed by atoms with E-state index in [9.17, 15) is 0 Å². The van der Waals surface area contributed by atoms with E-state index in [0.717, 1.165) is 61.3 Å². The SMILES string of the molecule is CC(C)c1cc(-c2ccccc2)cc(C(C)C)c1-n1c(-c2cccc3c2oc2ccccc23)nc2cc(-c3ccccc3)cnc21. The second-order valence-corrected chi connectivity index (χ2v) is 12.7. The average molecular weight is 598 g/mol. The Hall–Kier alpha value is -5.48. The van der Waals surface area contributed by atoms with Crippen molar-refractivity contribution in [2.45, 2.75) is 39.5 Å². The molecular formula is C42H35N3O. The van der Waals surface area contributed by atoms with E-state index in [1.807, 2.05) is 24.4 Å². The minimum Gasteiger partial charge on any atom is -0.455 e. The van der Waals surface area contributed by atoms with Crippen molar-refractivity contribution in [1.82, 2.24) is 14.5 Å². The van der Waals surface area contributed by atoms with E-state index in [-0.39, 0.29) is 11.8 Å². The molecule has 0 fully saturated rings. The molecule has 4 nitrogen and oxygen atoms in total. The number of nitrogens with zero attached hydrogens (tertiary/aromatic N) is 3. The Morgan fingerprint density at radius 2 is 1.20 bits per heavy atom. The van der Waals surface area contributed by atoms with E-state index in [4.69, 9.17) is 14.4 Å². The Morgan fingerprint density at radius 3 is 1.87 bits per heavy atom. The van der Waals surface area contributed by atoms with Crippen molar-refractivity contribution in [2.24, 2.45) is 0 Å². The highest BCUT2D eigenvalue weighted by atomic mass is 16.3. The first-order valence-corrected chi connectivity index (χ1v) is 16.1. The maximum atomic E-state index is 6.58. The molecule has 0 amide bonds. The average Bonchev–Trinajstić information content (AvgIpc) is 3.66. The molecule has 0 atom stereocenters. The van der Waals surface area contributed by atoms with Crippen molar-refractivity contribution in [1.29, 1.82) is 0 Å². The zero-order valence-electron chi connectivity index (χ0n) is 26.5. The van der Waals surface area contributed by atoms with E-state index in [1.165, 1.54) is 22.3 Å². The van der Waals surface area contributed by atoms with Crippen LogP contribution in [0.1, 0.15) is 50.7 Å². The Kier molecular flexibility index (Phi) is 6.79. The lowest BCUT2D eigenvalue weighted by atomic mass is 9.88. The minimum absolute atomic E-state index is 0.257. The van der Waals surface area contributed by atoms with Gasteiger partial charge in [0.25, 0.3) is 0 Å². The molecule has 3 aromatic heterocycles. The molecule has 46 heavy (non-hydrogen) atoms. The van der Waals surface area contributed by atoms with Gasteiger partial charge < -0.3 is 4.42 Å². The van der Waals surface area contributed by atoms with Gasteiger partial charge in [-0.3, -0.25) is 4.57 Å². The maximum Gasteiger partial charge on any atom is 0.165 e. The molecule has 0 saturated heterocycles. The van der Waals surface area contributed by atoms with Gasteiger partial charge in [0.15, 0.2) is 11.5 Å². The molecule has 0 N–H and O–H groups in total. The lowest BCUT2D eigenvalue weighted by molar-refractivity contribution is 0.669. The fourth-order valence-corrected chi connectivity index (χ4v) is 6.68. The predicted octanol–water partition coefficient (Wildman–Crippen LogP) is 11.6. The number of para-hydroxylation sites is 2. The molecule has 0 aliphatic heterocycles. The van der Waals surface area contributed by atoms with E-state index in [0.29, 0.717) is 0 Å². The molecule has 3 heterocycles. The fourth-order valence-electron chi connectivity index (χ4n) is 6.68. The molecule has 5 aromatic carbocycles. The van der Waals surface area contributed by atoms with Crippen LogP contribution in [0.5, 0.6) is 0 Å². The van der Waals surface area contributed by atoms with Crippen molar-refractivity contribution in [2.75, 3.05) is 0 Å². The van der Waals surface area contributed by atoms with Gasteiger partial charge in [-0.25, -0.2) is 9.97 Å². The first-order valence-electron chi connectivity index (χ1n) is 16.1. The second kappa shape index (κ2) is 11.1. The molecule has 0 bridgehead atoms. The first-order chi connectivity index (χ1) is 22.5. The van der Waals surface area contributed by atoms with Gasteiger partial charge in [-0.1, -0.05) is 119 Å². The van der Waals surface area contributed by atoms with Crippen LogP contribution in [0.4, 0.5) is 0 Å². The molecule has 0 saturated carbocycles. The highest BCUT2D eigenvalue weighted by molar-refractivity contribution is 6.09. The van der Waals surface area contributed by atoms with Crippen LogP contribution in [-0.4, -0.2) is 14.5 Å². The van der Waals surface area contributed by atoms with Crippen LogP contribution < -0.4 is 0 Å². The number of fused-ring (bicyclic) bond motifs is 4. The molecule has 0 aliphatic rings. The molecule has 0 radical (unpaired) electrons. The Balaban J connectivity index is 1.48. The van der Waals surface area contributed by atoms with Gasteiger partial charge in [-0.15, -0.1) is 0 Å². The highest BCUT2D eigenvalue weighted by Gasteiger charge is 2.26. The number of pyridine rings is 1. The summed E-state index contributed by atoms with van der Waals surface area (Å²) in [4.78, 5) is 10.5. The number of hydrogen-bond acceptors (Lipinski definition) is 3. The third kappa shape index (κ3) is 4.60. The third-order valence-electron chi connectivity index (χ3n) is 8.99. The van der Waals surface area contributed by atoms with Crippen LogP contribution in [0, 0.1) is 0 Å². The van der Waals surface area contributed by atoms with Gasteiger partial charge in [0.2, 0.25) is 0 Å². The molecule has 0 spiro atoms. The maximum absolute atomic E-state index is 6.58. The summed E-state index contributed by atoms with van der Waals surface area (Å²) >= 11 is 0. The van der Waals surface area contributed by atoms with Crippen LogP contribution in [0.3, 0.4) is 0 Å². The predicted molar refractivity (Wildman–Crippen MR) is 191 cm³/mol. The van der Waals surface area contributed by atoms with E-state index >= 15 is 0 Å². The topological polar surface area (TPSA) is 43.9 Å². The van der Waals surface area contributed by atoms with Gasteiger partial charge in [-0.05, 0) is 70.0 Å². The summed E-state index contributed by atoms with van der Waals surface area (Å²) in [5.41, 5.74) is 12.6. The zero-order chi connectivity index (χ0) is 31.4. The van der Waals surface area contributed by atoms with E-state index < -0.39 is 0 Å². The van der Waals surface area contributed by atoms with Gasteiger partial charge in [0, 0.05) is 22.5 Å². The Labute approximate surface area is 269 Å². The van der Waals surface area contributed by atoms with Gasteiger partial charge in [-0.2, -0.15) is 0 Å². The number of aromatic nitrogens is 3. The molecule has 0 unspecified atom stereocenters. The molecule has 8 aromatic rings. The van der Waals surface area contributed by atoms with Crippen LogP contribution in [0.15, 0.2) is 132 Å². The molecule has 0 aliphatic carbocycles. The van der Waals surface area contributed by atoms with Gasteiger partial charge >= 0.3 is 0 Å². The van der Waals surface area contributed by atoms with Gasteiger partial charge in [0.1, 0.15) is 16.7 Å². The van der Waals surface area contributed by atoms with Crippen molar-refractivity contribution >= 4 is 33.1 Å². The summed E-state index contributed by atoms with van der Waals surface area (Å²) < 4.78 is 8.87. The zero-order valence-corrected chi connectivity index (χ0v) is 26.5. The molecule has 224 valence electrons. The summed E-state index contributed by atoms with van der Waals surface area (Å²) in [5.74, 6) is 1.34. The smallest absolute Gasteiger partial charge is 0.165 e. The van der Waals surface area contributed by atoms with Crippen molar-refractivity contribution in [3.05, 3.63) is 139 Å². The minimum atomic E-state index is 0.257. The highest BCUT2D eigenvalue weighted by Crippen LogP contribution is 2.42. The summed E-state index contributed by atoms with van der Waals surface area (Å²) in [6, 6.07) is 42.6. The number of furan rings is 1. The quantitative estimate of drug-likeness (QED) is 0.191. The van der Waals surface area contributed by atoms with Crippen LogP contribution in [0.25, 0.3) is 72.4 Å². The normalized spacial score (nSPS) is 11.9. The van der Waals surface area contributed by atoms with Crippen molar-refractivity contribution in [3.63, 3.8) is 0 Å². The third-order valence-corrected chi connectivity index (χ3v) is 8.99. The second-order valence-electron chi connectivity index (χ2n) is 12.7. The number of hydrogen-bond donors (Lipinski definition) is 0. The molecule has 4 heteroatoms. The summed E-state index contributed by atoms with van der Waals surface area (Å²) in [6.07, 6.45) is 1.98. The number of rotatable bonds is 6. The van der Waals surface area contributed by atoms with E-state index in [2.05, 4.69) is 135 Å². The van der Waals surface area contributed by atoms with Crippen LogP contribution >= 0.6 is 0 Å². The van der Waals surface area contributed by atoms with Crippen molar-refractivity contribution < 1.29 is 4.42 Å². The number of imidazole rings is 1.